The van der Waals surface area contributed by atoms with Crippen molar-refractivity contribution in [3.8, 4) is 22.3 Å². The molecule has 7 aromatic carbocycles. The van der Waals surface area contributed by atoms with Gasteiger partial charge in [0.05, 0.1) is 5.69 Å². The van der Waals surface area contributed by atoms with Gasteiger partial charge in [0.25, 0.3) is 0 Å². The Labute approximate surface area is 385 Å². The first-order valence-corrected chi connectivity index (χ1v) is 23.9. The molecule has 7 aromatic rings. The third-order valence-electron chi connectivity index (χ3n) is 15.5. The predicted molar refractivity (Wildman–Crippen MR) is 277 cm³/mol. The van der Waals surface area contributed by atoms with Crippen molar-refractivity contribution in [3.63, 3.8) is 0 Å². The molecule has 0 fully saturated rings. The zero-order valence-electron chi connectivity index (χ0n) is 40.5. The number of hydrogen-bond acceptors (Lipinski definition) is 1. The zero-order chi connectivity index (χ0) is 45.1. The molecule has 0 saturated heterocycles. The molecule has 1 aliphatic carbocycles. The lowest BCUT2D eigenvalue weighted by Gasteiger charge is -2.47. The summed E-state index contributed by atoms with van der Waals surface area (Å²) in [7, 11) is 0. The minimum atomic E-state index is 0.00177. The lowest BCUT2D eigenvalue weighted by atomic mass is 9.30. The highest BCUT2D eigenvalue weighted by Crippen LogP contribution is 2.51. The van der Waals surface area contributed by atoms with Gasteiger partial charge >= 0.3 is 0 Å². The predicted octanol–water partition coefficient (Wildman–Crippen LogP) is 14.6. The smallest absolute Gasteiger partial charge is 0.247 e. The van der Waals surface area contributed by atoms with Crippen molar-refractivity contribution in [2.45, 2.75) is 130 Å². The fourth-order valence-electron chi connectivity index (χ4n) is 11.5. The van der Waals surface area contributed by atoms with E-state index in [0.717, 1.165) is 6.42 Å². The maximum Gasteiger partial charge on any atom is 0.247 e. The van der Waals surface area contributed by atoms with Gasteiger partial charge in [0.15, 0.2) is 0 Å². The molecule has 2 aliphatic heterocycles. The fourth-order valence-corrected chi connectivity index (χ4v) is 11.5. The van der Waals surface area contributed by atoms with Gasteiger partial charge in [-0.1, -0.05) is 190 Å². The number of benzene rings is 7. The average molecular weight is 836 g/mol. The number of aryl methyl sites for hydroxylation is 2. The number of hydrogen-bond donors (Lipinski definition) is 0. The highest BCUT2D eigenvalue weighted by molar-refractivity contribution is 6.99. The van der Waals surface area contributed by atoms with Crippen LogP contribution in [0, 0.1) is 13.8 Å². The van der Waals surface area contributed by atoms with Gasteiger partial charge in [0, 0.05) is 22.9 Å². The Morgan fingerprint density at radius 3 is 1.80 bits per heavy atom. The zero-order valence-corrected chi connectivity index (χ0v) is 40.5. The van der Waals surface area contributed by atoms with Gasteiger partial charge in [0.1, 0.15) is 0 Å². The molecule has 1 atom stereocenters. The summed E-state index contributed by atoms with van der Waals surface area (Å²) in [5, 5.41) is 0. The molecule has 2 heteroatoms. The molecule has 0 N–H and O–H groups in total. The Bertz CT molecular complexity index is 2950. The topological polar surface area (TPSA) is 3.24 Å². The minimum Gasteiger partial charge on any atom is -0.311 e. The van der Waals surface area contributed by atoms with E-state index in [1.165, 1.54) is 119 Å². The molecule has 0 amide bonds. The molecule has 10 rings (SSSR count). The van der Waals surface area contributed by atoms with Crippen LogP contribution in [-0.4, -0.2) is 6.71 Å². The van der Waals surface area contributed by atoms with Gasteiger partial charge in [-0.3, -0.25) is 0 Å². The molecular formula is C62H66BN. The Morgan fingerprint density at radius 1 is 0.531 bits per heavy atom. The van der Waals surface area contributed by atoms with Crippen molar-refractivity contribution in [3.05, 3.63) is 190 Å². The van der Waals surface area contributed by atoms with E-state index in [9.17, 15) is 0 Å². The van der Waals surface area contributed by atoms with E-state index in [1.54, 1.807) is 0 Å². The number of nitrogens with zero attached hydrogens (tertiary/aromatic N) is 1. The Balaban J connectivity index is 1.30. The van der Waals surface area contributed by atoms with Crippen molar-refractivity contribution >= 4 is 40.2 Å². The van der Waals surface area contributed by atoms with Crippen LogP contribution in [0.1, 0.15) is 138 Å². The molecule has 1 nitrogen and oxygen atoms in total. The van der Waals surface area contributed by atoms with Crippen LogP contribution in [0.4, 0.5) is 17.1 Å². The maximum absolute atomic E-state index is 2.71. The van der Waals surface area contributed by atoms with Gasteiger partial charge in [-0.25, -0.2) is 0 Å². The number of rotatable bonds is 5. The highest BCUT2D eigenvalue weighted by Gasteiger charge is 2.47. The van der Waals surface area contributed by atoms with E-state index in [1.807, 2.05) is 0 Å². The average Bonchev–Trinajstić information content (AvgIpc) is 3.26. The summed E-state index contributed by atoms with van der Waals surface area (Å²) in [5.41, 5.74) is 26.3. The highest BCUT2D eigenvalue weighted by atomic mass is 15.2. The molecule has 2 heterocycles. The van der Waals surface area contributed by atoms with E-state index in [0.29, 0.717) is 0 Å². The number of anilines is 3. The fraction of sp³-hybridized carbons (Fsp3) is 0.323. The first-order valence-electron chi connectivity index (χ1n) is 23.9. The van der Waals surface area contributed by atoms with Gasteiger partial charge in [0.2, 0.25) is 6.71 Å². The number of fused-ring (bicyclic) bond motifs is 5. The van der Waals surface area contributed by atoms with Crippen molar-refractivity contribution in [2.75, 3.05) is 4.90 Å². The summed E-state index contributed by atoms with van der Waals surface area (Å²) >= 11 is 0. The molecule has 0 aromatic heterocycles. The second kappa shape index (κ2) is 15.0. The van der Waals surface area contributed by atoms with Crippen LogP contribution < -0.4 is 21.3 Å². The Kier molecular flexibility index (Phi) is 9.92. The first kappa shape index (κ1) is 42.4. The van der Waals surface area contributed by atoms with Crippen LogP contribution in [0.5, 0.6) is 0 Å². The third kappa shape index (κ3) is 7.08. The maximum atomic E-state index is 2.71. The summed E-state index contributed by atoms with van der Waals surface area (Å²) < 4.78 is 0. The summed E-state index contributed by atoms with van der Waals surface area (Å²) in [6.45, 7) is 28.8. The molecule has 0 saturated carbocycles. The molecule has 64 heavy (non-hydrogen) atoms. The van der Waals surface area contributed by atoms with Crippen molar-refractivity contribution in [1.29, 1.82) is 0 Å². The summed E-state index contributed by atoms with van der Waals surface area (Å²) in [6, 6.07) is 54.5. The quantitative estimate of drug-likeness (QED) is 0.156. The molecule has 1 unspecified atom stereocenters. The SMILES string of the molecule is Cc1cc2c3c(c1)N(c1ccc(C(C)(C)C)cc1-c1ccccc1)c1cc4c(cc1B3c1cc(C(C)(C)C)ccc1C2Cc1cc(-c2ccccc2)ccc1C)C(C)(C)CCC4(C)C. The van der Waals surface area contributed by atoms with Gasteiger partial charge in [-0.05, 0) is 157 Å². The second-order valence-electron chi connectivity index (χ2n) is 23.0. The third-order valence-corrected chi connectivity index (χ3v) is 15.5. The van der Waals surface area contributed by atoms with E-state index in [-0.39, 0.29) is 34.3 Å². The summed E-state index contributed by atoms with van der Waals surface area (Å²) in [6.07, 6.45) is 3.29. The monoisotopic (exact) mass is 836 g/mol. The molecule has 3 aliphatic rings. The largest absolute Gasteiger partial charge is 0.311 e. The van der Waals surface area contributed by atoms with Crippen LogP contribution in [0.2, 0.25) is 0 Å². The normalized spacial score (nSPS) is 17.0. The standard InChI is InChI=1S/C62H66BN/c1-39-31-50-49(34-44-33-43(24-23-40(44)2)41-19-15-13-16-20-41)47-27-25-46(60(6,7)8)36-53(47)63-54-37-51-52(62(11,12)30-29-61(51,9)10)38-56(54)64(57(32-39)58(50)63)55-28-26-45(59(3,4)5)35-48(55)42-21-17-14-18-22-42/h13-28,31-33,35-38,49H,29-30,34H2,1-12H3. The van der Waals surface area contributed by atoms with Gasteiger partial charge in [-0.15, -0.1) is 0 Å². The first-order chi connectivity index (χ1) is 30.3. The molecule has 322 valence electrons. The van der Waals surface area contributed by atoms with Crippen molar-refractivity contribution in [1.82, 2.24) is 0 Å². The van der Waals surface area contributed by atoms with E-state index < -0.39 is 0 Å². The van der Waals surface area contributed by atoms with E-state index in [2.05, 4.69) is 228 Å². The van der Waals surface area contributed by atoms with E-state index >= 15 is 0 Å². The Morgan fingerprint density at radius 2 is 1.14 bits per heavy atom. The lowest BCUT2D eigenvalue weighted by molar-refractivity contribution is 0.332. The molecule has 0 bridgehead atoms. The van der Waals surface area contributed by atoms with Gasteiger partial charge in [-0.2, -0.15) is 0 Å². The molecule has 0 spiro atoms. The van der Waals surface area contributed by atoms with E-state index in [4.69, 9.17) is 0 Å². The van der Waals surface area contributed by atoms with Gasteiger partial charge < -0.3 is 4.90 Å². The minimum absolute atomic E-state index is 0.00177. The molecular weight excluding hydrogens is 770 g/mol. The second-order valence-corrected chi connectivity index (χ2v) is 23.0. The molecule has 0 radical (unpaired) electrons. The van der Waals surface area contributed by atoms with Crippen molar-refractivity contribution < 1.29 is 0 Å². The van der Waals surface area contributed by atoms with Crippen LogP contribution in [-0.2, 0) is 28.1 Å². The van der Waals surface area contributed by atoms with Crippen molar-refractivity contribution in [2.24, 2.45) is 0 Å². The lowest BCUT2D eigenvalue weighted by Crippen LogP contribution is -2.62. The van der Waals surface area contributed by atoms with Crippen LogP contribution in [0.15, 0.2) is 140 Å². The Hall–Kier alpha value is -5.60. The van der Waals surface area contributed by atoms with Crippen LogP contribution in [0.25, 0.3) is 22.3 Å². The summed E-state index contributed by atoms with van der Waals surface area (Å²) in [5.74, 6) is 0.187. The summed E-state index contributed by atoms with van der Waals surface area (Å²) in [4.78, 5) is 2.71. The van der Waals surface area contributed by atoms with Crippen LogP contribution >= 0.6 is 0 Å². The van der Waals surface area contributed by atoms with Crippen LogP contribution in [0.3, 0.4) is 0 Å².